The summed E-state index contributed by atoms with van der Waals surface area (Å²) in [5, 5.41) is 0. The van der Waals surface area contributed by atoms with Gasteiger partial charge in [-0.25, -0.2) is 0 Å². The lowest BCUT2D eigenvalue weighted by atomic mass is 9.87. The van der Waals surface area contributed by atoms with E-state index in [1.54, 1.807) is 0 Å². The van der Waals surface area contributed by atoms with Crippen molar-refractivity contribution in [3.05, 3.63) is 53.1 Å². The van der Waals surface area contributed by atoms with Crippen LogP contribution in [0.2, 0.25) is 0 Å². The minimum Gasteiger partial charge on any atom is -0.373 e. The molecule has 30 heavy (non-hydrogen) atoms. The predicted molar refractivity (Wildman–Crippen MR) is 109 cm³/mol. The van der Waals surface area contributed by atoms with Gasteiger partial charge in [0.2, 0.25) is 0 Å². The lowest BCUT2D eigenvalue weighted by Gasteiger charge is -2.32. The van der Waals surface area contributed by atoms with E-state index >= 15 is 0 Å². The molecule has 4 atom stereocenters. The average molecular weight is 412 g/mol. The molecule has 0 amide bonds. The van der Waals surface area contributed by atoms with Gasteiger partial charge in [0, 0.05) is 19.3 Å². The third-order valence-corrected chi connectivity index (χ3v) is 6.22. The predicted octanol–water partition coefficient (Wildman–Crippen LogP) is 2.44. The summed E-state index contributed by atoms with van der Waals surface area (Å²) in [5.74, 6) is -0.735. The third kappa shape index (κ3) is 4.69. The van der Waals surface area contributed by atoms with Crippen molar-refractivity contribution in [1.82, 2.24) is 0 Å². The molecule has 4 unspecified atom stereocenters. The smallest absolute Gasteiger partial charge is 0.191 e. The fourth-order valence-electron chi connectivity index (χ4n) is 4.04. The minimum absolute atomic E-state index is 0.202. The van der Waals surface area contributed by atoms with E-state index in [1.165, 1.54) is 22.3 Å². The Morgan fingerprint density at radius 1 is 0.833 bits per heavy atom. The number of benzene rings is 1. The SMILES string of the molecule is C1=CC(OCC2CO2)(OCC2CO2)CC=C1c1cccc(CC2CO2)c1CC1CO1. The standard InChI is InChI=1S/C24H28O6/c1-2-17(8-18-10-25-18)23(9-19-11-26-19)22(3-1)16-4-6-24(7-5-16,29-14-20-12-27-20)30-15-21-13-28-21/h1-6,18-21H,7-15H2. The van der Waals surface area contributed by atoms with E-state index in [1.807, 2.05) is 0 Å². The van der Waals surface area contributed by atoms with Crippen LogP contribution in [0.5, 0.6) is 0 Å². The molecular weight excluding hydrogens is 384 g/mol. The lowest BCUT2D eigenvalue weighted by Crippen LogP contribution is -2.37. The van der Waals surface area contributed by atoms with Crippen LogP contribution in [-0.2, 0) is 41.3 Å². The quantitative estimate of drug-likeness (QED) is 0.411. The molecule has 6 rings (SSSR count). The molecule has 1 aromatic rings. The molecule has 6 nitrogen and oxygen atoms in total. The molecule has 4 fully saturated rings. The molecule has 4 aliphatic heterocycles. The van der Waals surface area contributed by atoms with Gasteiger partial charge in [0.25, 0.3) is 0 Å². The Morgan fingerprint density at radius 2 is 1.47 bits per heavy atom. The van der Waals surface area contributed by atoms with Crippen LogP contribution in [0.1, 0.15) is 23.1 Å². The van der Waals surface area contributed by atoms with Crippen molar-refractivity contribution in [3.63, 3.8) is 0 Å². The Kier molecular flexibility index (Phi) is 5.02. The molecule has 1 aromatic carbocycles. The summed E-state index contributed by atoms with van der Waals surface area (Å²) < 4.78 is 34.0. The third-order valence-electron chi connectivity index (χ3n) is 6.22. The van der Waals surface area contributed by atoms with Crippen molar-refractivity contribution in [3.8, 4) is 0 Å². The van der Waals surface area contributed by atoms with E-state index in [4.69, 9.17) is 28.4 Å². The molecule has 0 radical (unpaired) electrons. The van der Waals surface area contributed by atoms with E-state index in [-0.39, 0.29) is 12.2 Å². The normalized spacial score (nSPS) is 35.8. The highest BCUT2D eigenvalue weighted by Crippen LogP contribution is 2.36. The van der Waals surface area contributed by atoms with Crippen molar-refractivity contribution in [2.45, 2.75) is 49.5 Å². The van der Waals surface area contributed by atoms with Gasteiger partial charge in [0.1, 0.15) is 12.2 Å². The van der Waals surface area contributed by atoms with Crippen LogP contribution >= 0.6 is 0 Å². The van der Waals surface area contributed by atoms with E-state index in [9.17, 15) is 0 Å². The minimum atomic E-state index is -0.735. The maximum Gasteiger partial charge on any atom is 0.191 e. The summed E-state index contributed by atoms with van der Waals surface area (Å²) in [6.07, 6.45) is 10.2. The Bertz CT molecular complexity index is 829. The van der Waals surface area contributed by atoms with Crippen molar-refractivity contribution in [2.24, 2.45) is 0 Å². The van der Waals surface area contributed by atoms with Crippen LogP contribution in [0.4, 0.5) is 0 Å². The molecule has 0 bridgehead atoms. The fourth-order valence-corrected chi connectivity index (χ4v) is 4.04. The first-order chi connectivity index (χ1) is 14.8. The van der Waals surface area contributed by atoms with Crippen molar-refractivity contribution in [1.29, 1.82) is 0 Å². The Labute approximate surface area is 176 Å². The molecule has 160 valence electrons. The molecule has 0 N–H and O–H groups in total. The first-order valence-electron chi connectivity index (χ1n) is 11.0. The first kappa shape index (κ1) is 19.2. The summed E-state index contributed by atoms with van der Waals surface area (Å²) in [4.78, 5) is 0. The number of allylic oxidation sites excluding steroid dienone is 2. The number of hydrogen-bond donors (Lipinski definition) is 0. The second-order valence-electron chi connectivity index (χ2n) is 8.80. The molecule has 4 heterocycles. The highest BCUT2D eigenvalue weighted by Gasteiger charge is 2.37. The van der Waals surface area contributed by atoms with Gasteiger partial charge in [-0.3, -0.25) is 0 Å². The largest absolute Gasteiger partial charge is 0.373 e. The van der Waals surface area contributed by atoms with E-state index < -0.39 is 5.79 Å². The second kappa shape index (κ2) is 7.86. The first-order valence-corrected chi connectivity index (χ1v) is 11.0. The van der Waals surface area contributed by atoms with Gasteiger partial charge in [-0.05, 0) is 28.3 Å². The van der Waals surface area contributed by atoms with Gasteiger partial charge >= 0.3 is 0 Å². The van der Waals surface area contributed by atoms with Gasteiger partial charge < -0.3 is 28.4 Å². The molecule has 6 heteroatoms. The molecule has 1 aliphatic carbocycles. The Morgan fingerprint density at radius 3 is 2.03 bits per heavy atom. The molecule has 0 saturated carbocycles. The highest BCUT2D eigenvalue weighted by molar-refractivity contribution is 5.78. The molecule has 4 saturated heterocycles. The summed E-state index contributed by atoms with van der Waals surface area (Å²) in [7, 11) is 0. The number of hydrogen-bond acceptors (Lipinski definition) is 6. The van der Waals surface area contributed by atoms with Gasteiger partial charge in [-0.1, -0.05) is 30.4 Å². The van der Waals surface area contributed by atoms with E-state index in [2.05, 4.69) is 36.4 Å². The zero-order valence-corrected chi connectivity index (χ0v) is 17.1. The Hall–Kier alpha value is -1.54. The van der Waals surface area contributed by atoms with Crippen LogP contribution in [0.3, 0.4) is 0 Å². The molecule has 5 aliphatic rings. The number of rotatable bonds is 11. The zero-order valence-electron chi connectivity index (χ0n) is 17.1. The summed E-state index contributed by atoms with van der Waals surface area (Å²) in [6, 6.07) is 6.61. The maximum absolute atomic E-state index is 6.18. The van der Waals surface area contributed by atoms with Crippen molar-refractivity contribution >= 4 is 5.57 Å². The number of ether oxygens (including phenoxy) is 6. The lowest BCUT2D eigenvalue weighted by molar-refractivity contribution is -0.206. The van der Waals surface area contributed by atoms with Gasteiger partial charge in [-0.2, -0.15) is 0 Å². The van der Waals surface area contributed by atoms with Crippen LogP contribution in [0.25, 0.3) is 5.57 Å². The Balaban J connectivity index is 1.22. The summed E-state index contributed by atoms with van der Waals surface area (Å²) in [5.41, 5.74) is 5.27. The number of epoxide rings is 4. The molecular formula is C24H28O6. The topological polar surface area (TPSA) is 68.6 Å². The van der Waals surface area contributed by atoms with Crippen LogP contribution in [-0.4, -0.2) is 69.8 Å². The molecule has 0 aromatic heterocycles. The monoisotopic (exact) mass is 412 g/mol. The summed E-state index contributed by atoms with van der Waals surface area (Å²) in [6.45, 7) is 4.40. The second-order valence-corrected chi connectivity index (χ2v) is 8.80. The summed E-state index contributed by atoms with van der Waals surface area (Å²) >= 11 is 0. The van der Waals surface area contributed by atoms with E-state index in [0.29, 0.717) is 31.8 Å². The maximum atomic E-state index is 6.18. The highest BCUT2D eigenvalue weighted by atomic mass is 16.7. The van der Waals surface area contributed by atoms with Crippen molar-refractivity contribution < 1.29 is 28.4 Å². The average Bonchev–Trinajstić information content (AvgIpc) is 3.61. The van der Waals surface area contributed by atoms with Gasteiger partial charge in [-0.15, -0.1) is 0 Å². The van der Waals surface area contributed by atoms with Crippen LogP contribution in [0, 0.1) is 0 Å². The van der Waals surface area contributed by atoms with E-state index in [0.717, 1.165) is 39.3 Å². The fraction of sp³-hybridized carbons (Fsp3) is 0.583. The van der Waals surface area contributed by atoms with Gasteiger partial charge in [0.05, 0.1) is 51.8 Å². The molecule has 0 spiro atoms. The van der Waals surface area contributed by atoms with Crippen LogP contribution in [0.15, 0.2) is 36.4 Å². The van der Waals surface area contributed by atoms with Crippen molar-refractivity contribution in [2.75, 3.05) is 39.6 Å². The van der Waals surface area contributed by atoms with Gasteiger partial charge in [0.15, 0.2) is 5.79 Å². The zero-order chi connectivity index (χ0) is 20.0. The van der Waals surface area contributed by atoms with Crippen LogP contribution < -0.4 is 0 Å².